The van der Waals surface area contributed by atoms with Gasteiger partial charge in [-0.1, -0.05) is 45.7 Å². The minimum absolute atomic E-state index is 0.188. The maximum atomic E-state index is 14.0. The molecule has 0 aliphatic carbocycles. The lowest BCUT2D eigenvalue weighted by Gasteiger charge is -2.19. The Hall–Kier alpha value is -1.06. The van der Waals surface area contributed by atoms with Gasteiger partial charge in [-0.15, -0.1) is 0 Å². The van der Waals surface area contributed by atoms with Crippen molar-refractivity contribution in [2.24, 2.45) is 0 Å². The molecule has 20 heavy (non-hydrogen) atoms. The molecule has 0 fully saturated rings. The number of aryl methyl sites for hydroxylation is 1. The van der Waals surface area contributed by atoms with E-state index in [0.29, 0.717) is 10.6 Å². The molecule has 2 aromatic rings. The third-order valence-corrected chi connectivity index (χ3v) is 4.72. The van der Waals surface area contributed by atoms with Gasteiger partial charge in [0.1, 0.15) is 11.6 Å². The summed E-state index contributed by atoms with van der Waals surface area (Å²) in [4.78, 5) is -0.188. The van der Waals surface area contributed by atoms with Crippen LogP contribution in [0.25, 0.3) is 0 Å². The summed E-state index contributed by atoms with van der Waals surface area (Å²) in [7, 11) is 0. The molecular formula is C16H13BrClFO. The zero-order valence-electron chi connectivity index (χ0n) is 10.7. The highest BCUT2D eigenvalue weighted by atomic mass is 79.9. The lowest BCUT2D eigenvalue weighted by molar-refractivity contribution is 0.288. The highest BCUT2D eigenvalue weighted by molar-refractivity contribution is 9.09. The highest BCUT2D eigenvalue weighted by Gasteiger charge is 2.18. The van der Waals surface area contributed by atoms with Crippen molar-refractivity contribution in [3.05, 3.63) is 63.9 Å². The molecule has 104 valence electrons. The second-order valence-corrected chi connectivity index (χ2v) is 6.20. The summed E-state index contributed by atoms with van der Waals surface area (Å²) in [6.07, 6.45) is 2.03. The van der Waals surface area contributed by atoms with Gasteiger partial charge < -0.3 is 4.74 Å². The van der Waals surface area contributed by atoms with Crippen molar-refractivity contribution < 1.29 is 9.13 Å². The van der Waals surface area contributed by atoms with E-state index in [1.165, 1.54) is 11.6 Å². The van der Waals surface area contributed by atoms with Crippen LogP contribution in [0.4, 0.5) is 4.39 Å². The van der Waals surface area contributed by atoms with Gasteiger partial charge in [0.15, 0.2) is 0 Å². The Balaban J connectivity index is 1.95. The van der Waals surface area contributed by atoms with Crippen LogP contribution in [0.5, 0.6) is 5.75 Å². The molecule has 0 spiro atoms. The zero-order valence-corrected chi connectivity index (χ0v) is 13.0. The Morgan fingerprint density at radius 3 is 2.85 bits per heavy atom. The molecule has 0 saturated carbocycles. The first-order valence-electron chi connectivity index (χ1n) is 6.50. The number of benzene rings is 2. The second kappa shape index (κ2) is 5.74. The van der Waals surface area contributed by atoms with E-state index >= 15 is 0 Å². The molecule has 1 aliphatic heterocycles. The van der Waals surface area contributed by atoms with Crippen LogP contribution >= 0.6 is 27.5 Å². The molecule has 0 bridgehead atoms. The number of fused-ring (bicyclic) bond motifs is 1. The first-order chi connectivity index (χ1) is 9.65. The van der Waals surface area contributed by atoms with Crippen molar-refractivity contribution in [2.45, 2.75) is 17.7 Å². The molecule has 1 atom stereocenters. The lowest BCUT2D eigenvalue weighted by Crippen LogP contribution is -2.09. The fourth-order valence-corrected chi connectivity index (χ4v) is 3.24. The maximum absolute atomic E-state index is 14.0. The summed E-state index contributed by atoms with van der Waals surface area (Å²) in [6.45, 7) is 0.774. The first-order valence-corrected chi connectivity index (χ1v) is 7.79. The van der Waals surface area contributed by atoms with Crippen LogP contribution in [-0.4, -0.2) is 6.61 Å². The highest BCUT2D eigenvalue weighted by Crippen LogP contribution is 2.36. The zero-order chi connectivity index (χ0) is 14.1. The van der Waals surface area contributed by atoms with Gasteiger partial charge >= 0.3 is 0 Å². The van der Waals surface area contributed by atoms with Gasteiger partial charge in [-0.2, -0.15) is 0 Å². The molecule has 1 aliphatic rings. The van der Waals surface area contributed by atoms with Gasteiger partial charge in [0, 0.05) is 10.6 Å². The molecule has 1 heterocycles. The Morgan fingerprint density at radius 1 is 1.20 bits per heavy atom. The Labute approximate surface area is 130 Å². The number of hydrogen-bond acceptors (Lipinski definition) is 1. The molecule has 0 N–H and O–H groups in total. The van der Waals surface area contributed by atoms with Crippen LogP contribution in [0.2, 0.25) is 5.02 Å². The average Bonchev–Trinajstić information content (AvgIpc) is 2.46. The van der Waals surface area contributed by atoms with E-state index in [4.69, 9.17) is 16.3 Å². The number of rotatable bonds is 2. The van der Waals surface area contributed by atoms with Gasteiger partial charge in [-0.3, -0.25) is 0 Å². The van der Waals surface area contributed by atoms with Crippen LogP contribution in [0.1, 0.15) is 27.9 Å². The molecule has 2 aromatic carbocycles. The van der Waals surface area contributed by atoms with Crippen molar-refractivity contribution in [3.63, 3.8) is 0 Å². The van der Waals surface area contributed by atoms with E-state index in [0.717, 1.165) is 30.8 Å². The van der Waals surface area contributed by atoms with Crippen LogP contribution < -0.4 is 4.74 Å². The third kappa shape index (κ3) is 2.70. The number of alkyl halides is 1. The number of halogens is 3. The minimum atomic E-state index is -0.298. The Morgan fingerprint density at radius 2 is 2.05 bits per heavy atom. The van der Waals surface area contributed by atoms with Crippen molar-refractivity contribution in [2.75, 3.05) is 6.61 Å². The van der Waals surface area contributed by atoms with Gasteiger partial charge in [0.05, 0.1) is 11.4 Å². The van der Waals surface area contributed by atoms with E-state index in [-0.39, 0.29) is 10.6 Å². The number of ether oxygens (including phenoxy) is 1. The minimum Gasteiger partial charge on any atom is -0.493 e. The van der Waals surface area contributed by atoms with Crippen molar-refractivity contribution >= 4 is 27.5 Å². The lowest BCUT2D eigenvalue weighted by atomic mass is 9.99. The average molecular weight is 356 g/mol. The largest absolute Gasteiger partial charge is 0.493 e. The van der Waals surface area contributed by atoms with E-state index in [2.05, 4.69) is 22.0 Å². The molecule has 3 rings (SSSR count). The van der Waals surface area contributed by atoms with Crippen molar-refractivity contribution in [1.29, 1.82) is 0 Å². The molecule has 0 saturated heterocycles. The Kier molecular flexibility index (Phi) is 3.99. The van der Waals surface area contributed by atoms with Gasteiger partial charge in [-0.05, 0) is 42.2 Å². The molecule has 0 aromatic heterocycles. The first kappa shape index (κ1) is 13.9. The summed E-state index contributed by atoms with van der Waals surface area (Å²) in [5.41, 5.74) is 2.80. The molecule has 4 heteroatoms. The maximum Gasteiger partial charge on any atom is 0.129 e. The predicted octanol–water partition coefficient (Wildman–Crippen LogP) is 5.29. The molecular weight excluding hydrogens is 343 g/mol. The SMILES string of the molecule is Fc1cc(Cl)ccc1C(Br)c1ccc2c(c1)CCCO2. The van der Waals surface area contributed by atoms with Crippen LogP contribution in [0, 0.1) is 5.82 Å². The summed E-state index contributed by atoms with van der Waals surface area (Å²) in [6, 6.07) is 10.8. The summed E-state index contributed by atoms with van der Waals surface area (Å²) in [5, 5.41) is 0.407. The second-order valence-electron chi connectivity index (χ2n) is 4.85. The summed E-state index contributed by atoms with van der Waals surface area (Å²) < 4.78 is 19.6. The van der Waals surface area contributed by atoms with E-state index < -0.39 is 0 Å². The normalized spacial score (nSPS) is 15.3. The van der Waals surface area contributed by atoms with Crippen LogP contribution in [0.15, 0.2) is 36.4 Å². The van der Waals surface area contributed by atoms with Crippen LogP contribution in [-0.2, 0) is 6.42 Å². The van der Waals surface area contributed by atoms with Gasteiger partial charge in [0.2, 0.25) is 0 Å². The third-order valence-electron chi connectivity index (χ3n) is 3.46. The van der Waals surface area contributed by atoms with Crippen molar-refractivity contribution in [1.82, 2.24) is 0 Å². The fraction of sp³-hybridized carbons (Fsp3) is 0.250. The van der Waals surface area contributed by atoms with E-state index in [1.807, 2.05) is 12.1 Å². The standard InChI is InChI=1S/C16H13BrClFO/c17-16(13-5-4-12(18)9-14(13)19)11-3-6-15-10(8-11)2-1-7-20-15/h3-6,8-9,16H,1-2,7H2. The van der Waals surface area contributed by atoms with E-state index in [9.17, 15) is 4.39 Å². The molecule has 0 amide bonds. The topological polar surface area (TPSA) is 9.23 Å². The smallest absolute Gasteiger partial charge is 0.129 e. The molecule has 1 unspecified atom stereocenters. The monoisotopic (exact) mass is 354 g/mol. The molecule has 0 radical (unpaired) electrons. The van der Waals surface area contributed by atoms with Crippen molar-refractivity contribution in [3.8, 4) is 5.75 Å². The number of hydrogen-bond donors (Lipinski definition) is 0. The van der Waals surface area contributed by atoms with E-state index in [1.54, 1.807) is 12.1 Å². The summed E-state index contributed by atoms with van der Waals surface area (Å²) in [5.74, 6) is 0.643. The molecule has 1 nitrogen and oxygen atoms in total. The predicted molar refractivity (Wildman–Crippen MR) is 82.4 cm³/mol. The summed E-state index contributed by atoms with van der Waals surface area (Å²) >= 11 is 9.36. The Bertz CT molecular complexity index is 644. The quantitative estimate of drug-likeness (QED) is 0.665. The van der Waals surface area contributed by atoms with Crippen LogP contribution in [0.3, 0.4) is 0 Å². The van der Waals surface area contributed by atoms with Gasteiger partial charge in [0.25, 0.3) is 0 Å². The van der Waals surface area contributed by atoms with Gasteiger partial charge in [-0.25, -0.2) is 4.39 Å². The fourth-order valence-electron chi connectivity index (χ4n) is 2.42.